The van der Waals surface area contributed by atoms with Crippen molar-refractivity contribution in [3.05, 3.63) is 211 Å². The van der Waals surface area contributed by atoms with Gasteiger partial charge < -0.3 is 0 Å². The summed E-state index contributed by atoms with van der Waals surface area (Å²) >= 11 is 0. The van der Waals surface area contributed by atoms with Gasteiger partial charge in [-0.25, -0.2) is 19.9 Å². The number of hydrogen-bond acceptors (Lipinski definition) is 7. The van der Waals surface area contributed by atoms with Crippen molar-refractivity contribution in [1.29, 1.82) is 5.41 Å². The molecule has 1 aliphatic rings. The van der Waals surface area contributed by atoms with Gasteiger partial charge in [-0.05, 0) is 47.0 Å². The lowest BCUT2D eigenvalue weighted by atomic mass is 9.82. The summed E-state index contributed by atoms with van der Waals surface area (Å²) in [5.74, 6) is 1.86. The fourth-order valence-electron chi connectivity index (χ4n) is 7.50. The third kappa shape index (κ3) is 6.98. The second-order valence-corrected chi connectivity index (χ2v) is 14.2. The predicted octanol–water partition coefficient (Wildman–Crippen LogP) is 12.1. The zero-order valence-corrected chi connectivity index (χ0v) is 31.8. The molecule has 2 N–H and O–H groups in total. The van der Waals surface area contributed by atoms with Crippen molar-refractivity contribution < 1.29 is 0 Å². The van der Waals surface area contributed by atoms with Crippen LogP contribution in [0.3, 0.4) is 0 Å². The lowest BCUT2D eigenvalue weighted by molar-refractivity contribution is 1.07. The first-order valence-corrected chi connectivity index (χ1v) is 19.4. The molecule has 7 aromatic carbocycles. The smallest absolute Gasteiger partial charge is 0.164 e. The molecular formula is C52H35N7. The van der Waals surface area contributed by atoms with Crippen LogP contribution in [0, 0.1) is 5.41 Å². The maximum Gasteiger partial charge on any atom is 0.164 e. The van der Waals surface area contributed by atoms with E-state index < -0.39 is 0 Å². The number of aromatic nitrogens is 4. The summed E-state index contributed by atoms with van der Waals surface area (Å²) in [4.78, 5) is 20.0. The molecule has 7 nitrogen and oxygen atoms in total. The molecular weight excluding hydrogens is 723 g/mol. The lowest BCUT2D eigenvalue weighted by Crippen LogP contribution is -2.23. The van der Waals surface area contributed by atoms with Crippen LogP contribution in [0.4, 0.5) is 5.69 Å². The molecule has 278 valence electrons. The molecule has 0 unspecified atom stereocenters. The number of hydrogen-bond donors (Lipinski definition) is 2. The highest BCUT2D eigenvalue weighted by molar-refractivity contribution is 6.65. The van der Waals surface area contributed by atoms with Crippen molar-refractivity contribution in [2.45, 2.75) is 0 Å². The number of pyridine rings is 1. The Hall–Kier alpha value is -8.16. The quantitative estimate of drug-likeness (QED) is 0.150. The number of para-hydroxylation sites is 2. The van der Waals surface area contributed by atoms with Crippen LogP contribution in [-0.2, 0) is 0 Å². The lowest BCUT2D eigenvalue weighted by Gasteiger charge is -2.24. The van der Waals surface area contributed by atoms with Crippen molar-refractivity contribution in [2.24, 2.45) is 5.10 Å². The third-order valence-corrected chi connectivity index (χ3v) is 10.4. The fourth-order valence-corrected chi connectivity index (χ4v) is 7.50. The Kier molecular flexibility index (Phi) is 9.21. The second-order valence-electron chi connectivity index (χ2n) is 14.2. The first kappa shape index (κ1) is 35.3. The van der Waals surface area contributed by atoms with Gasteiger partial charge in [-0.3, -0.25) is 10.8 Å². The molecule has 2 heterocycles. The molecule has 0 atom stereocenters. The summed E-state index contributed by atoms with van der Waals surface area (Å²) < 4.78 is 0. The van der Waals surface area contributed by atoms with E-state index in [9.17, 15) is 5.41 Å². The van der Waals surface area contributed by atoms with Gasteiger partial charge in [-0.2, -0.15) is 5.10 Å². The molecule has 9 aromatic rings. The monoisotopic (exact) mass is 757 g/mol. The molecule has 2 aromatic heterocycles. The molecule has 1 aliphatic carbocycles. The number of nitrogens with one attached hydrogen (secondary N) is 2. The summed E-state index contributed by atoms with van der Waals surface area (Å²) in [6, 6.07) is 64.8. The van der Waals surface area contributed by atoms with Crippen LogP contribution in [-0.4, -0.2) is 31.4 Å². The number of fused-ring (bicyclic) bond motifs is 3. The Morgan fingerprint density at radius 1 is 0.424 bits per heavy atom. The SMILES string of the molecule is N=C1/C(=N\Nc2ccccc2)C(c2ccccc2)=Cc2c(-c3cccc(-c4ccc(-c5nc(-c6ccccc6)nc(-c6ccccc6)n5)cc4)c3)nc3ccccc3c21. The van der Waals surface area contributed by atoms with Crippen molar-refractivity contribution >= 4 is 39.7 Å². The van der Waals surface area contributed by atoms with Crippen molar-refractivity contribution in [3.63, 3.8) is 0 Å². The Morgan fingerprint density at radius 2 is 0.915 bits per heavy atom. The molecule has 10 rings (SSSR count). The van der Waals surface area contributed by atoms with Gasteiger partial charge >= 0.3 is 0 Å². The third-order valence-electron chi connectivity index (χ3n) is 10.4. The number of benzene rings is 7. The van der Waals surface area contributed by atoms with E-state index in [0.29, 0.717) is 28.9 Å². The number of rotatable bonds is 8. The van der Waals surface area contributed by atoms with Crippen molar-refractivity contribution in [2.75, 3.05) is 5.43 Å². The van der Waals surface area contributed by atoms with E-state index in [1.165, 1.54) is 0 Å². The number of allylic oxidation sites excluding steroid dienone is 1. The summed E-state index contributed by atoms with van der Waals surface area (Å²) in [6.45, 7) is 0. The van der Waals surface area contributed by atoms with E-state index >= 15 is 0 Å². The molecule has 0 bridgehead atoms. The molecule has 0 saturated carbocycles. The average molecular weight is 758 g/mol. The summed E-state index contributed by atoms with van der Waals surface area (Å²) in [7, 11) is 0. The number of nitrogens with zero attached hydrogens (tertiary/aromatic N) is 5. The number of anilines is 1. The molecule has 0 spiro atoms. The summed E-state index contributed by atoms with van der Waals surface area (Å²) in [6.07, 6.45) is 2.15. The van der Waals surface area contributed by atoms with E-state index in [1.807, 2.05) is 133 Å². The maximum atomic E-state index is 9.75. The summed E-state index contributed by atoms with van der Waals surface area (Å²) in [5.41, 5.74) is 15.9. The topological polar surface area (TPSA) is 99.8 Å². The van der Waals surface area contributed by atoms with Crippen LogP contribution in [0.2, 0.25) is 0 Å². The predicted molar refractivity (Wildman–Crippen MR) is 241 cm³/mol. The standard InChI is InChI=1S/C52H35N7/c53-47-46-42-26-13-14-27-45(42)54-48(44(46)33-43(35-16-5-1-6-17-35)49(47)59-58-41-24-11-4-12-25-41)40-23-15-22-39(32-40)34-28-30-38(31-29-34)52-56-50(36-18-7-2-8-19-36)55-51(57-52)37-20-9-3-10-21-37/h1-33,53,58H/b53-47?,59-49-. The molecule has 0 amide bonds. The largest absolute Gasteiger partial charge is 0.298 e. The van der Waals surface area contributed by atoms with Gasteiger partial charge in [0.2, 0.25) is 0 Å². The van der Waals surface area contributed by atoms with E-state index in [0.717, 1.165) is 77.9 Å². The Morgan fingerprint density at radius 3 is 1.54 bits per heavy atom. The highest BCUT2D eigenvalue weighted by Gasteiger charge is 2.29. The van der Waals surface area contributed by atoms with Crippen LogP contribution in [0.25, 0.3) is 79.1 Å². The normalized spacial score (nSPS) is 12.9. The van der Waals surface area contributed by atoms with Crippen molar-refractivity contribution in [3.8, 4) is 56.5 Å². The molecule has 59 heavy (non-hydrogen) atoms. The minimum atomic E-state index is 0.334. The first-order chi connectivity index (χ1) is 29.2. The van der Waals surface area contributed by atoms with Crippen LogP contribution in [0.15, 0.2) is 199 Å². The zero-order valence-electron chi connectivity index (χ0n) is 31.8. The molecule has 0 radical (unpaired) electrons. The van der Waals surface area contributed by atoms with Gasteiger partial charge in [-0.15, -0.1) is 0 Å². The van der Waals surface area contributed by atoms with Crippen LogP contribution in [0.5, 0.6) is 0 Å². The first-order valence-electron chi connectivity index (χ1n) is 19.4. The Bertz CT molecular complexity index is 3000. The van der Waals surface area contributed by atoms with Gasteiger partial charge in [0.15, 0.2) is 17.5 Å². The molecule has 0 fully saturated rings. The van der Waals surface area contributed by atoms with Crippen molar-refractivity contribution in [1.82, 2.24) is 19.9 Å². The van der Waals surface area contributed by atoms with Gasteiger partial charge in [0.1, 0.15) is 5.71 Å². The molecule has 0 saturated heterocycles. The number of hydrazone groups is 1. The fraction of sp³-hybridized carbons (Fsp3) is 0. The highest BCUT2D eigenvalue weighted by Crippen LogP contribution is 2.39. The van der Waals surface area contributed by atoms with Gasteiger partial charge in [0.25, 0.3) is 0 Å². The van der Waals surface area contributed by atoms with Gasteiger partial charge in [0.05, 0.1) is 22.6 Å². The average Bonchev–Trinajstić information content (AvgIpc) is 3.32. The maximum absolute atomic E-state index is 9.75. The minimum absolute atomic E-state index is 0.334. The minimum Gasteiger partial charge on any atom is -0.298 e. The molecule has 7 heteroatoms. The van der Waals surface area contributed by atoms with Crippen LogP contribution < -0.4 is 5.43 Å². The van der Waals surface area contributed by atoms with Crippen LogP contribution in [0.1, 0.15) is 16.7 Å². The zero-order chi connectivity index (χ0) is 39.5. The summed E-state index contributed by atoms with van der Waals surface area (Å²) in [5, 5.41) is 15.5. The van der Waals surface area contributed by atoms with Gasteiger partial charge in [-0.1, -0.05) is 170 Å². The van der Waals surface area contributed by atoms with E-state index in [2.05, 4.69) is 72.2 Å². The van der Waals surface area contributed by atoms with E-state index in [4.69, 9.17) is 25.0 Å². The molecule has 0 aliphatic heterocycles. The second kappa shape index (κ2) is 15.4. The van der Waals surface area contributed by atoms with Gasteiger partial charge in [0, 0.05) is 44.3 Å². The highest BCUT2D eigenvalue weighted by atomic mass is 15.3. The Labute approximate surface area is 341 Å². The van der Waals surface area contributed by atoms with E-state index in [1.54, 1.807) is 0 Å². The van der Waals surface area contributed by atoms with E-state index in [-0.39, 0.29) is 0 Å². The Balaban J connectivity index is 1.06. The van der Waals surface area contributed by atoms with Crippen LogP contribution >= 0.6 is 0 Å².